The number of amides is 2. The van der Waals surface area contributed by atoms with E-state index in [0.29, 0.717) is 19.6 Å². The molecule has 0 unspecified atom stereocenters. The van der Waals surface area contributed by atoms with Crippen LogP contribution >= 0.6 is 11.3 Å². The average molecular weight is 348 g/mol. The molecule has 24 heavy (non-hydrogen) atoms. The number of hydrogen-bond donors (Lipinski definition) is 1. The lowest BCUT2D eigenvalue weighted by molar-refractivity contribution is 0.0791. The monoisotopic (exact) mass is 348 g/mol. The minimum Gasteiger partial charge on any atom is -0.376 e. The molecule has 3 rings (SSSR count). The molecule has 6 nitrogen and oxygen atoms in total. The van der Waals surface area contributed by atoms with Gasteiger partial charge in [-0.05, 0) is 31.2 Å². The zero-order chi connectivity index (χ0) is 16.8. The summed E-state index contributed by atoms with van der Waals surface area (Å²) in [6.45, 7) is 4.78. The van der Waals surface area contributed by atoms with Crippen LogP contribution in [0.2, 0.25) is 0 Å². The summed E-state index contributed by atoms with van der Waals surface area (Å²) in [5.74, 6) is 0. The number of thiophene rings is 1. The molecule has 0 saturated carbocycles. The number of nitrogens with one attached hydrogen (secondary N) is 1. The molecule has 0 aliphatic carbocycles. The van der Waals surface area contributed by atoms with Crippen LogP contribution in [0.4, 0.5) is 4.79 Å². The zero-order valence-electron chi connectivity index (χ0n) is 13.9. The Kier molecular flexibility index (Phi) is 5.87. The quantitative estimate of drug-likeness (QED) is 0.837. The van der Waals surface area contributed by atoms with Crippen LogP contribution in [0.3, 0.4) is 0 Å². The number of carbonyl (C=O) groups excluding carboxylic acids is 1. The van der Waals surface area contributed by atoms with Crippen molar-refractivity contribution < 1.29 is 9.53 Å². The summed E-state index contributed by atoms with van der Waals surface area (Å²) in [6, 6.07) is 4.08. The lowest BCUT2D eigenvalue weighted by atomic mass is 10.2. The van der Waals surface area contributed by atoms with Gasteiger partial charge in [0.1, 0.15) is 0 Å². The van der Waals surface area contributed by atoms with E-state index in [-0.39, 0.29) is 18.2 Å². The highest BCUT2D eigenvalue weighted by atomic mass is 32.1. The largest absolute Gasteiger partial charge is 0.376 e. The van der Waals surface area contributed by atoms with Gasteiger partial charge in [0.05, 0.1) is 19.0 Å². The highest BCUT2D eigenvalue weighted by Gasteiger charge is 2.23. The maximum absolute atomic E-state index is 12.7. The zero-order valence-corrected chi connectivity index (χ0v) is 14.7. The van der Waals surface area contributed by atoms with Crippen LogP contribution in [0.1, 0.15) is 24.6 Å². The van der Waals surface area contributed by atoms with E-state index in [1.165, 1.54) is 4.88 Å². The van der Waals surface area contributed by atoms with Gasteiger partial charge in [0.2, 0.25) is 0 Å². The normalized spacial score (nSPS) is 18.5. The summed E-state index contributed by atoms with van der Waals surface area (Å²) in [5.41, 5.74) is 0. The Labute approximate surface area is 146 Å². The summed E-state index contributed by atoms with van der Waals surface area (Å²) >= 11 is 1.67. The van der Waals surface area contributed by atoms with Crippen LogP contribution in [0.15, 0.2) is 36.2 Å². The van der Waals surface area contributed by atoms with Crippen LogP contribution < -0.4 is 5.32 Å². The highest BCUT2D eigenvalue weighted by Crippen LogP contribution is 2.17. The lowest BCUT2D eigenvalue weighted by Crippen LogP contribution is -2.47. The van der Waals surface area contributed by atoms with E-state index in [0.717, 1.165) is 19.4 Å². The molecule has 2 amide bonds. The Morgan fingerprint density at radius 2 is 2.54 bits per heavy atom. The van der Waals surface area contributed by atoms with Gasteiger partial charge in [-0.25, -0.2) is 9.78 Å². The number of aromatic nitrogens is 2. The van der Waals surface area contributed by atoms with Crippen molar-refractivity contribution in [3.8, 4) is 0 Å². The lowest BCUT2D eigenvalue weighted by Gasteiger charge is -2.27. The molecule has 1 N–H and O–H groups in total. The van der Waals surface area contributed by atoms with E-state index in [1.807, 2.05) is 34.0 Å². The number of carbonyl (C=O) groups is 1. The van der Waals surface area contributed by atoms with Gasteiger partial charge in [-0.3, -0.25) is 0 Å². The minimum absolute atomic E-state index is 0.0297. The molecule has 2 aromatic heterocycles. The van der Waals surface area contributed by atoms with E-state index in [4.69, 9.17) is 4.74 Å². The summed E-state index contributed by atoms with van der Waals surface area (Å²) in [7, 11) is 0. The average Bonchev–Trinajstić information content (AvgIpc) is 3.30. The van der Waals surface area contributed by atoms with Gasteiger partial charge in [0.15, 0.2) is 0 Å². The number of hydrogen-bond acceptors (Lipinski definition) is 4. The van der Waals surface area contributed by atoms with Crippen molar-refractivity contribution in [2.24, 2.45) is 0 Å². The van der Waals surface area contributed by atoms with Crippen molar-refractivity contribution in [1.29, 1.82) is 0 Å². The van der Waals surface area contributed by atoms with Crippen LogP contribution in [0.5, 0.6) is 0 Å². The number of urea groups is 1. The highest BCUT2D eigenvalue weighted by molar-refractivity contribution is 7.09. The predicted molar refractivity (Wildman–Crippen MR) is 93.9 cm³/mol. The Hall–Kier alpha value is -1.86. The maximum atomic E-state index is 12.7. The fourth-order valence-electron chi connectivity index (χ4n) is 2.90. The van der Waals surface area contributed by atoms with E-state index >= 15 is 0 Å². The fraction of sp³-hybridized carbons (Fsp3) is 0.529. The van der Waals surface area contributed by atoms with Crippen LogP contribution in [-0.4, -0.2) is 45.8 Å². The molecule has 2 atom stereocenters. The van der Waals surface area contributed by atoms with Crippen molar-refractivity contribution in [3.05, 3.63) is 41.1 Å². The van der Waals surface area contributed by atoms with Crippen molar-refractivity contribution in [3.63, 3.8) is 0 Å². The van der Waals surface area contributed by atoms with Gasteiger partial charge in [-0.2, -0.15) is 0 Å². The van der Waals surface area contributed by atoms with Gasteiger partial charge in [0, 0.05) is 43.0 Å². The van der Waals surface area contributed by atoms with E-state index in [2.05, 4.69) is 16.4 Å². The Morgan fingerprint density at radius 3 is 3.21 bits per heavy atom. The number of nitrogens with zero attached hydrogens (tertiary/aromatic N) is 3. The van der Waals surface area contributed by atoms with Crippen LogP contribution in [0.25, 0.3) is 0 Å². The third-order valence-electron chi connectivity index (χ3n) is 4.08. The van der Waals surface area contributed by atoms with E-state index < -0.39 is 0 Å². The van der Waals surface area contributed by atoms with Crippen molar-refractivity contribution in [2.75, 3.05) is 13.2 Å². The Balaban J connectivity index is 1.58. The summed E-state index contributed by atoms with van der Waals surface area (Å²) in [4.78, 5) is 19.8. The topological polar surface area (TPSA) is 59.4 Å². The second kappa shape index (κ2) is 8.30. The van der Waals surface area contributed by atoms with Crippen molar-refractivity contribution in [2.45, 2.75) is 45.0 Å². The van der Waals surface area contributed by atoms with Gasteiger partial charge in [0.25, 0.3) is 0 Å². The molecule has 0 aromatic carbocycles. The molecule has 1 aliphatic heterocycles. The SMILES string of the molecule is C[C@@H](Cn1ccnc1)NC(=O)N(Cc1cccs1)C[C@H]1CCCO1. The number of ether oxygens (including phenoxy) is 1. The summed E-state index contributed by atoms with van der Waals surface area (Å²) in [5, 5.41) is 5.13. The first-order valence-corrected chi connectivity index (χ1v) is 9.24. The fourth-order valence-corrected chi connectivity index (χ4v) is 3.62. The molecular formula is C17H24N4O2S. The van der Waals surface area contributed by atoms with Gasteiger partial charge >= 0.3 is 6.03 Å². The third kappa shape index (κ3) is 4.82. The molecule has 0 spiro atoms. The molecule has 0 bridgehead atoms. The Bertz CT molecular complexity index is 609. The van der Waals surface area contributed by atoms with E-state index in [9.17, 15) is 4.79 Å². The molecule has 0 radical (unpaired) electrons. The number of rotatable bonds is 7. The van der Waals surface area contributed by atoms with Crippen molar-refractivity contribution >= 4 is 17.4 Å². The molecule has 3 heterocycles. The first-order valence-electron chi connectivity index (χ1n) is 8.36. The van der Waals surface area contributed by atoms with Gasteiger partial charge in [-0.1, -0.05) is 6.07 Å². The molecule has 1 saturated heterocycles. The van der Waals surface area contributed by atoms with Gasteiger partial charge < -0.3 is 19.5 Å². The third-order valence-corrected chi connectivity index (χ3v) is 4.94. The maximum Gasteiger partial charge on any atom is 0.318 e. The smallest absolute Gasteiger partial charge is 0.318 e. The molecule has 130 valence electrons. The molecular weight excluding hydrogens is 324 g/mol. The molecule has 2 aromatic rings. The minimum atomic E-state index is -0.0356. The van der Waals surface area contributed by atoms with Crippen LogP contribution in [0, 0.1) is 0 Å². The predicted octanol–water partition coefficient (Wildman–Crippen LogP) is 2.72. The van der Waals surface area contributed by atoms with Crippen LogP contribution in [-0.2, 0) is 17.8 Å². The second-order valence-corrected chi connectivity index (χ2v) is 7.24. The molecule has 1 fully saturated rings. The van der Waals surface area contributed by atoms with Gasteiger partial charge in [-0.15, -0.1) is 11.3 Å². The standard InChI is InChI=1S/C17H24N4O2S/c1-14(10-20-7-6-18-13-20)19-17(22)21(11-15-4-2-8-23-15)12-16-5-3-9-24-16/h3,5-7,9,13-15H,2,4,8,10-12H2,1H3,(H,19,22)/t14-,15+/m0/s1. The first-order chi connectivity index (χ1) is 11.7. The summed E-state index contributed by atoms with van der Waals surface area (Å²) in [6.07, 6.45) is 7.67. The number of imidazole rings is 1. The molecule has 1 aliphatic rings. The van der Waals surface area contributed by atoms with E-state index in [1.54, 1.807) is 23.9 Å². The molecule has 7 heteroatoms. The first kappa shape index (κ1) is 17.0. The van der Waals surface area contributed by atoms with Crippen molar-refractivity contribution in [1.82, 2.24) is 19.8 Å². The Morgan fingerprint density at radius 1 is 1.62 bits per heavy atom. The summed E-state index contributed by atoms with van der Waals surface area (Å²) < 4.78 is 7.68. The second-order valence-electron chi connectivity index (χ2n) is 6.20.